The van der Waals surface area contributed by atoms with Crippen molar-refractivity contribution in [2.75, 3.05) is 13.7 Å². The Balaban J connectivity index is 1.64. The SMILES string of the molecule is CNC(=O)c1ccc2nnc(C3(COCc4ccccc4)CC3NC(=O)C(C)(C)N)n2c1. The van der Waals surface area contributed by atoms with Crippen molar-refractivity contribution in [2.45, 2.75) is 43.9 Å². The number of hydrogen-bond acceptors (Lipinski definition) is 6. The van der Waals surface area contributed by atoms with Crippen LogP contribution in [-0.2, 0) is 21.6 Å². The van der Waals surface area contributed by atoms with Crippen LogP contribution in [0.4, 0.5) is 0 Å². The fourth-order valence-electron chi connectivity index (χ4n) is 3.74. The summed E-state index contributed by atoms with van der Waals surface area (Å²) in [6.45, 7) is 4.11. The van der Waals surface area contributed by atoms with Crippen LogP contribution in [0.25, 0.3) is 5.65 Å². The van der Waals surface area contributed by atoms with Crippen LogP contribution in [0.2, 0.25) is 0 Å². The zero-order chi connectivity index (χ0) is 22.9. The lowest BCUT2D eigenvalue weighted by Crippen LogP contribution is -2.51. The minimum Gasteiger partial charge on any atom is -0.376 e. The minimum absolute atomic E-state index is 0.202. The third-order valence-electron chi connectivity index (χ3n) is 5.77. The Morgan fingerprint density at radius 2 is 1.97 bits per heavy atom. The van der Waals surface area contributed by atoms with Crippen LogP contribution in [0.15, 0.2) is 48.7 Å². The average molecular weight is 437 g/mol. The summed E-state index contributed by atoms with van der Waals surface area (Å²) in [7, 11) is 1.58. The molecule has 9 nitrogen and oxygen atoms in total. The van der Waals surface area contributed by atoms with Gasteiger partial charge in [-0.1, -0.05) is 30.3 Å². The molecule has 2 unspecified atom stereocenters. The maximum atomic E-state index is 12.5. The molecule has 3 aromatic rings. The molecule has 168 valence electrons. The normalized spacial score (nSPS) is 20.2. The van der Waals surface area contributed by atoms with E-state index in [-0.39, 0.29) is 17.9 Å². The highest BCUT2D eigenvalue weighted by atomic mass is 16.5. The van der Waals surface area contributed by atoms with Gasteiger partial charge in [0, 0.05) is 19.3 Å². The molecule has 0 bridgehead atoms. The van der Waals surface area contributed by atoms with Crippen molar-refractivity contribution in [1.29, 1.82) is 0 Å². The first kappa shape index (κ1) is 21.9. The Morgan fingerprint density at radius 1 is 1.22 bits per heavy atom. The lowest BCUT2D eigenvalue weighted by Gasteiger charge is -2.21. The second-order valence-electron chi connectivity index (χ2n) is 8.84. The molecule has 2 amide bonds. The summed E-state index contributed by atoms with van der Waals surface area (Å²) in [5.74, 6) is 0.199. The molecule has 32 heavy (non-hydrogen) atoms. The maximum absolute atomic E-state index is 12.5. The molecule has 2 atom stereocenters. The van der Waals surface area contributed by atoms with Gasteiger partial charge in [0.2, 0.25) is 5.91 Å². The molecule has 1 fully saturated rings. The van der Waals surface area contributed by atoms with Gasteiger partial charge in [-0.3, -0.25) is 14.0 Å². The van der Waals surface area contributed by atoms with Gasteiger partial charge in [-0.2, -0.15) is 0 Å². The highest BCUT2D eigenvalue weighted by Gasteiger charge is 2.60. The van der Waals surface area contributed by atoms with Gasteiger partial charge in [0.05, 0.1) is 29.7 Å². The van der Waals surface area contributed by atoms with E-state index in [9.17, 15) is 9.59 Å². The summed E-state index contributed by atoms with van der Waals surface area (Å²) in [5, 5.41) is 14.3. The molecule has 1 saturated carbocycles. The van der Waals surface area contributed by atoms with E-state index in [0.717, 1.165) is 5.56 Å². The zero-order valence-corrected chi connectivity index (χ0v) is 18.5. The standard InChI is InChI=1S/C23H28N6O3/c1-22(2,24)21(31)26-17-11-23(17,14-32-13-15-7-5-4-6-8-15)20-28-27-18-10-9-16(12-29(18)20)19(30)25-3/h4-10,12,17H,11,13-14,24H2,1-3H3,(H,25,30)(H,26,31). The Kier molecular flexibility index (Phi) is 5.70. The number of hydrogen-bond donors (Lipinski definition) is 3. The average Bonchev–Trinajstić information content (AvgIpc) is 3.28. The number of nitrogens with zero attached hydrogens (tertiary/aromatic N) is 3. The quantitative estimate of drug-likeness (QED) is 0.487. The minimum atomic E-state index is -1.00. The van der Waals surface area contributed by atoms with Gasteiger partial charge in [0.25, 0.3) is 5.91 Å². The molecular formula is C23H28N6O3. The lowest BCUT2D eigenvalue weighted by molar-refractivity contribution is -0.125. The number of amides is 2. The highest BCUT2D eigenvalue weighted by Crippen LogP contribution is 2.48. The van der Waals surface area contributed by atoms with Gasteiger partial charge < -0.3 is 21.1 Å². The molecule has 1 aliphatic carbocycles. The van der Waals surface area contributed by atoms with Gasteiger partial charge in [-0.15, -0.1) is 10.2 Å². The highest BCUT2D eigenvalue weighted by molar-refractivity contribution is 5.94. The van der Waals surface area contributed by atoms with Crippen LogP contribution in [0, 0.1) is 0 Å². The number of aromatic nitrogens is 3. The van der Waals surface area contributed by atoms with Crippen molar-refractivity contribution >= 4 is 17.5 Å². The van der Waals surface area contributed by atoms with Gasteiger partial charge in [-0.25, -0.2) is 0 Å². The number of nitrogens with one attached hydrogen (secondary N) is 2. The molecule has 0 aliphatic heterocycles. The molecule has 1 aromatic carbocycles. The summed E-state index contributed by atoms with van der Waals surface area (Å²) in [4.78, 5) is 24.7. The molecular weight excluding hydrogens is 408 g/mol. The fraction of sp³-hybridized carbons (Fsp3) is 0.391. The van der Waals surface area contributed by atoms with Crippen LogP contribution in [0.3, 0.4) is 0 Å². The van der Waals surface area contributed by atoms with Crippen LogP contribution >= 0.6 is 0 Å². The van der Waals surface area contributed by atoms with E-state index in [1.54, 1.807) is 43.6 Å². The monoisotopic (exact) mass is 436 g/mol. The number of carbonyl (C=O) groups excluding carboxylic acids is 2. The van der Waals surface area contributed by atoms with Gasteiger partial charge in [0.1, 0.15) is 5.82 Å². The zero-order valence-electron chi connectivity index (χ0n) is 18.5. The van der Waals surface area contributed by atoms with E-state index >= 15 is 0 Å². The lowest BCUT2D eigenvalue weighted by atomic mass is 10.0. The number of ether oxygens (including phenoxy) is 1. The molecule has 9 heteroatoms. The van der Waals surface area contributed by atoms with Gasteiger partial charge >= 0.3 is 0 Å². The van der Waals surface area contributed by atoms with Gasteiger partial charge in [0.15, 0.2) is 5.65 Å². The molecule has 0 spiro atoms. The second-order valence-corrected chi connectivity index (χ2v) is 8.84. The number of nitrogens with two attached hydrogens (primary N) is 1. The third-order valence-corrected chi connectivity index (χ3v) is 5.77. The van der Waals surface area contributed by atoms with E-state index in [2.05, 4.69) is 20.8 Å². The number of rotatable bonds is 8. The Morgan fingerprint density at radius 3 is 2.66 bits per heavy atom. The summed E-state index contributed by atoms with van der Waals surface area (Å²) in [5.41, 5.74) is 6.57. The van der Waals surface area contributed by atoms with Gasteiger partial charge in [-0.05, 0) is 38.0 Å². The molecule has 2 heterocycles. The Hall–Kier alpha value is -3.30. The van der Waals surface area contributed by atoms with E-state index in [4.69, 9.17) is 10.5 Å². The van der Waals surface area contributed by atoms with E-state index in [1.165, 1.54) is 0 Å². The number of pyridine rings is 1. The molecule has 0 radical (unpaired) electrons. The molecule has 4 rings (SSSR count). The fourth-order valence-corrected chi connectivity index (χ4v) is 3.74. The summed E-state index contributed by atoms with van der Waals surface area (Å²) in [6.07, 6.45) is 2.35. The van der Waals surface area contributed by atoms with Crippen molar-refractivity contribution in [3.8, 4) is 0 Å². The topological polar surface area (TPSA) is 124 Å². The van der Waals surface area contributed by atoms with Crippen molar-refractivity contribution in [3.05, 3.63) is 65.6 Å². The van der Waals surface area contributed by atoms with Crippen LogP contribution in [0.5, 0.6) is 0 Å². The largest absolute Gasteiger partial charge is 0.376 e. The van der Waals surface area contributed by atoms with Crippen LogP contribution in [0.1, 0.15) is 42.0 Å². The van der Waals surface area contributed by atoms with Crippen LogP contribution < -0.4 is 16.4 Å². The second kappa shape index (κ2) is 8.33. The van der Waals surface area contributed by atoms with E-state index in [1.807, 2.05) is 30.3 Å². The first-order valence-corrected chi connectivity index (χ1v) is 10.5. The van der Waals surface area contributed by atoms with E-state index < -0.39 is 11.0 Å². The molecule has 0 saturated heterocycles. The summed E-state index contributed by atoms with van der Waals surface area (Å²) in [6, 6.07) is 13.1. The summed E-state index contributed by atoms with van der Waals surface area (Å²) < 4.78 is 7.87. The Bertz CT molecular complexity index is 1140. The first-order valence-electron chi connectivity index (χ1n) is 10.5. The molecule has 4 N–H and O–H groups in total. The van der Waals surface area contributed by atoms with Crippen molar-refractivity contribution in [3.63, 3.8) is 0 Å². The Labute approximate surface area is 186 Å². The van der Waals surface area contributed by atoms with Crippen molar-refractivity contribution < 1.29 is 14.3 Å². The third kappa shape index (κ3) is 4.21. The maximum Gasteiger partial charge on any atom is 0.252 e. The van der Waals surface area contributed by atoms with Crippen molar-refractivity contribution in [1.82, 2.24) is 25.2 Å². The molecule has 1 aliphatic rings. The predicted molar refractivity (Wildman–Crippen MR) is 119 cm³/mol. The predicted octanol–water partition coefficient (Wildman–Crippen LogP) is 1.17. The number of carbonyl (C=O) groups is 2. The van der Waals surface area contributed by atoms with Crippen molar-refractivity contribution in [2.24, 2.45) is 5.73 Å². The first-order chi connectivity index (χ1) is 15.2. The van der Waals surface area contributed by atoms with E-state index in [0.29, 0.717) is 36.7 Å². The summed E-state index contributed by atoms with van der Waals surface area (Å²) >= 11 is 0. The number of benzene rings is 1. The molecule has 2 aromatic heterocycles. The smallest absolute Gasteiger partial charge is 0.252 e. The number of fused-ring (bicyclic) bond motifs is 1. The van der Waals surface area contributed by atoms with Crippen LogP contribution in [-0.4, -0.2) is 51.6 Å².